The van der Waals surface area contributed by atoms with Crippen molar-refractivity contribution in [3.63, 3.8) is 0 Å². The van der Waals surface area contributed by atoms with Gasteiger partial charge in [0.15, 0.2) is 5.13 Å². The molecule has 0 saturated heterocycles. The van der Waals surface area contributed by atoms with E-state index >= 15 is 0 Å². The number of pyridine rings is 1. The Labute approximate surface area is 203 Å². The van der Waals surface area contributed by atoms with Crippen molar-refractivity contribution in [1.82, 2.24) is 20.2 Å². The quantitative estimate of drug-likeness (QED) is 0.464. The lowest BCUT2D eigenvalue weighted by Gasteiger charge is -2.24. The highest BCUT2D eigenvalue weighted by Crippen LogP contribution is 2.16. The molecule has 0 saturated carbocycles. The van der Waals surface area contributed by atoms with Gasteiger partial charge in [-0.2, -0.15) is 0 Å². The van der Waals surface area contributed by atoms with Crippen LogP contribution in [-0.4, -0.2) is 45.7 Å². The molecule has 9 heteroatoms. The lowest BCUT2D eigenvalue weighted by Crippen LogP contribution is -2.40. The maximum atomic E-state index is 13.0. The second kappa shape index (κ2) is 12.0. The van der Waals surface area contributed by atoms with Gasteiger partial charge in [-0.3, -0.25) is 19.4 Å². The summed E-state index contributed by atoms with van der Waals surface area (Å²) >= 11 is 1.24. The molecule has 178 valence electrons. The summed E-state index contributed by atoms with van der Waals surface area (Å²) < 4.78 is 0. The number of nitrogens with one attached hydrogen (secondary N) is 2. The first-order valence-electron chi connectivity index (χ1n) is 11.1. The molecule has 1 aromatic carbocycles. The van der Waals surface area contributed by atoms with Gasteiger partial charge in [0.2, 0.25) is 11.8 Å². The maximum absolute atomic E-state index is 13.0. The molecule has 0 atom stereocenters. The van der Waals surface area contributed by atoms with Gasteiger partial charge in [-0.05, 0) is 37.1 Å². The van der Waals surface area contributed by atoms with Crippen molar-refractivity contribution in [3.05, 3.63) is 76.6 Å². The predicted molar refractivity (Wildman–Crippen MR) is 132 cm³/mol. The Hall–Kier alpha value is -3.59. The van der Waals surface area contributed by atoms with Gasteiger partial charge in [0, 0.05) is 23.7 Å². The summed E-state index contributed by atoms with van der Waals surface area (Å²) in [7, 11) is 0. The summed E-state index contributed by atoms with van der Waals surface area (Å²) in [6.45, 7) is 6.68. The van der Waals surface area contributed by atoms with Crippen molar-refractivity contribution in [2.45, 2.75) is 33.7 Å². The fourth-order valence-electron chi connectivity index (χ4n) is 3.24. The number of carbonyl (C=O) groups is 3. The number of hydrogen-bond donors (Lipinski definition) is 2. The SMILES string of the molecule is Cc1ccc(C(=O)N(CC(=O)Nc2nc(CC(=O)NCc3ccccn3)cs2)CC(C)C)cc1. The monoisotopic (exact) mass is 479 g/mol. The van der Waals surface area contributed by atoms with Crippen LogP contribution in [-0.2, 0) is 22.6 Å². The lowest BCUT2D eigenvalue weighted by molar-refractivity contribution is -0.120. The Kier molecular flexibility index (Phi) is 8.86. The summed E-state index contributed by atoms with van der Waals surface area (Å²) in [5, 5.41) is 7.68. The van der Waals surface area contributed by atoms with Gasteiger partial charge in [0.25, 0.3) is 5.91 Å². The first kappa shape index (κ1) is 25.0. The van der Waals surface area contributed by atoms with E-state index in [1.807, 2.05) is 51.1 Å². The van der Waals surface area contributed by atoms with E-state index in [0.717, 1.165) is 11.3 Å². The molecule has 0 fully saturated rings. The van der Waals surface area contributed by atoms with Crippen LogP contribution in [0.3, 0.4) is 0 Å². The van der Waals surface area contributed by atoms with Crippen LogP contribution in [0.2, 0.25) is 0 Å². The molecule has 3 rings (SSSR count). The van der Waals surface area contributed by atoms with Crippen LogP contribution < -0.4 is 10.6 Å². The molecule has 2 heterocycles. The fourth-order valence-corrected chi connectivity index (χ4v) is 3.96. The first-order valence-corrected chi connectivity index (χ1v) is 11.9. The number of hydrogen-bond acceptors (Lipinski definition) is 6. The second-order valence-electron chi connectivity index (χ2n) is 8.41. The van der Waals surface area contributed by atoms with Crippen molar-refractivity contribution in [2.24, 2.45) is 5.92 Å². The van der Waals surface area contributed by atoms with Gasteiger partial charge in [-0.1, -0.05) is 37.6 Å². The van der Waals surface area contributed by atoms with Crippen molar-refractivity contribution < 1.29 is 14.4 Å². The van der Waals surface area contributed by atoms with Gasteiger partial charge in [-0.25, -0.2) is 4.98 Å². The molecule has 3 aromatic rings. The Morgan fingerprint density at radius 3 is 2.47 bits per heavy atom. The molecule has 2 aromatic heterocycles. The highest BCUT2D eigenvalue weighted by molar-refractivity contribution is 7.13. The average molecular weight is 480 g/mol. The molecule has 8 nitrogen and oxygen atoms in total. The van der Waals surface area contributed by atoms with E-state index in [0.29, 0.717) is 29.5 Å². The van der Waals surface area contributed by atoms with E-state index in [1.54, 1.807) is 28.6 Å². The number of aryl methyl sites for hydroxylation is 1. The number of carbonyl (C=O) groups excluding carboxylic acids is 3. The van der Waals surface area contributed by atoms with E-state index in [1.165, 1.54) is 11.3 Å². The number of thiazole rings is 1. The largest absolute Gasteiger partial charge is 0.350 e. The van der Waals surface area contributed by atoms with Gasteiger partial charge in [0.05, 0.1) is 24.4 Å². The summed E-state index contributed by atoms with van der Waals surface area (Å²) in [5.41, 5.74) is 2.95. The van der Waals surface area contributed by atoms with E-state index in [4.69, 9.17) is 0 Å². The fraction of sp³-hybridized carbons (Fsp3) is 0.320. The van der Waals surface area contributed by atoms with E-state index in [2.05, 4.69) is 20.6 Å². The van der Waals surface area contributed by atoms with Gasteiger partial charge < -0.3 is 15.5 Å². The van der Waals surface area contributed by atoms with Gasteiger partial charge in [-0.15, -0.1) is 11.3 Å². The lowest BCUT2D eigenvalue weighted by atomic mass is 10.1. The first-order chi connectivity index (χ1) is 16.3. The summed E-state index contributed by atoms with van der Waals surface area (Å²) in [6, 6.07) is 12.8. The zero-order valence-electron chi connectivity index (χ0n) is 19.6. The third kappa shape index (κ3) is 7.77. The number of benzene rings is 1. The molecule has 3 amide bonds. The Morgan fingerprint density at radius 2 is 1.79 bits per heavy atom. The Morgan fingerprint density at radius 1 is 1.03 bits per heavy atom. The molecular weight excluding hydrogens is 450 g/mol. The van der Waals surface area contributed by atoms with Crippen molar-refractivity contribution in [1.29, 1.82) is 0 Å². The predicted octanol–water partition coefficient (Wildman–Crippen LogP) is 3.44. The average Bonchev–Trinajstić information content (AvgIpc) is 3.24. The minimum Gasteiger partial charge on any atom is -0.350 e. The molecule has 0 spiro atoms. The molecule has 0 bridgehead atoms. The van der Waals surface area contributed by atoms with Gasteiger partial charge >= 0.3 is 0 Å². The third-order valence-corrected chi connectivity index (χ3v) is 5.64. The summed E-state index contributed by atoms with van der Waals surface area (Å²) in [4.78, 5) is 47.9. The number of aromatic nitrogens is 2. The third-order valence-electron chi connectivity index (χ3n) is 4.84. The molecule has 0 unspecified atom stereocenters. The van der Waals surface area contributed by atoms with Gasteiger partial charge in [0.1, 0.15) is 6.54 Å². The summed E-state index contributed by atoms with van der Waals surface area (Å²) in [6.07, 6.45) is 1.78. The second-order valence-corrected chi connectivity index (χ2v) is 9.27. The van der Waals surface area contributed by atoms with Crippen LogP contribution in [0.25, 0.3) is 0 Å². The molecular formula is C25H29N5O3S. The van der Waals surface area contributed by atoms with Crippen LogP contribution in [0.5, 0.6) is 0 Å². The van der Waals surface area contributed by atoms with E-state index < -0.39 is 0 Å². The molecule has 34 heavy (non-hydrogen) atoms. The molecule has 0 radical (unpaired) electrons. The Balaban J connectivity index is 1.54. The number of anilines is 1. The molecule has 0 aliphatic heterocycles. The van der Waals surface area contributed by atoms with Crippen molar-refractivity contribution in [2.75, 3.05) is 18.4 Å². The van der Waals surface area contributed by atoms with Crippen LogP contribution in [0.1, 0.15) is 41.2 Å². The van der Waals surface area contributed by atoms with Crippen LogP contribution >= 0.6 is 11.3 Å². The van der Waals surface area contributed by atoms with Crippen LogP contribution in [0.4, 0.5) is 5.13 Å². The van der Waals surface area contributed by atoms with E-state index in [-0.39, 0.29) is 36.6 Å². The van der Waals surface area contributed by atoms with Crippen LogP contribution in [0, 0.1) is 12.8 Å². The highest BCUT2D eigenvalue weighted by Gasteiger charge is 2.20. The Bertz CT molecular complexity index is 1110. The number of amides is 3. The minimum atomic E-state index is -0.332. The summed E-state index contributed by atoms with van der Waals surface area (Å²) in [5.74, 6) is -0.492. The van der Waals surface area contributed by atoms with Crippen LogP contribution in [0.15, 0.2) is 54.0 Å². The molecule has 0 aliphatic carbocycles. The van der Waals surface area contributed by atoms with Crippen molar-refractivity contribution in [3.8, 4) is 0 Å². The topological polar surface area (TPSA) is 104 Å². The molecule has 0 aliphatic rings. The molecule has 2 N–H and O–H groups in total. The normalized spacial score (nSPS) is 10.7. The van der Waals surface area contributed by atoms with Crippen molar-refractivity contribution >= 4 is 34.2 Å². The standard InChI is InChI=1S/C25H29N5O3S/c1-17(2)14-30(24(33)19-9-7-18(3)8-10-19)15-23(32)29-25-28-21(16-34-25)12-22(31)27-13-20-6-4-5-11-26-20/h4-11,16-17H,12-15H2,1-3H3,(H,27,31)(H,28,29,32). The zero-order chi connectivity index (χ0) is 24.5. The highest BCUT2D eigenvalue weighted by atomic mass is 32.1. The zero-order valence-corrected chi connectivity index (χ0v) is 20.4. The number of rotatable bonds is 10. The minimum absolute atomic E-state index is 0.0790. The smallest absolute Gasteiger partial charge is 0.254 e. The van der Waals surface area contributed by atoms with E-state index in [9.17, 15) is 14.4 Å². The number of nitrogens with zero attached hydrogens (tertiary/aromatic N) is 3. The maximum Gasteiger partial charge on any atom is 0.254 e.